The molecule has 1 amide bonds. The van der Waals surface area contributed by atoms with Gasteiger partial charge in [-0.3, -0.25) is 10.1 Å². The largest absolute Gasteiger partial charge is 0.317 e. The van der Waals surface area contributed by atoms with Crippen LogP contribution < -0.4 is 5.32 Å². The Morgan fingerprint density at radius 2 is 2.10 bits per heavy atom. The van der Waals surface area contributed by atoms with Crippen LogP contribution in [0.1, 0.15) is 62.9 Å². The molecular formula is C17H24N2OS. The summed E-state index contributed by atoms with van der Waals surface area (Å²) in [5.41, 5.74) is -0.211. The summed E-state index contributed by atoms with van der Waals surface area (Å²) in [6.07, 6.45) is 8.75. The van der Waals surface area contributed by atoms with Crippen LogP contribution in [0.3, 0.4) is 0 Å². The van der Waals surface area contributed by atoms with Gasteiger partial charge in [0.05, 0.1) is 0 Å². The Bertz CT molecular complexity index is 517. The fraction of sp³-hybridized carbons (Fsp3) is 0.706. The predicted molar refractivity (Wildman–Crippen MR) is 85.0 cm³/mol. The van der Waals surface area contributed by atoms with Crippen LogP contribution in [-0.4, -0.2) is 22.4 Å². The molecule has 1 aromatic heterocycles. The lowest BCUT2D eigenvalue weighted by Crippen LogP contribution is -2.43. The molecule has 2 unspecified atom stereocenters. The Morgan fingerprint density at radius 3 is 2.71 bits per heavy atom. The number of carbonyl (C=O) groups excluding carboxylic acids is 1. The smallest absolute Gasteiger partial charge is 0.244 e. The average Bonchev–Trinajstić information content (AvgIpc) is 2.98. The third-order valence-corrected chi connectivity index (χ3v) is 6.59. The highest BCUT2D eigenvalue weighted by Gasteiger charge is 2.60. The van der Waals surface area contributed by atoms with Gasteiger partial charge in [-0.05, 0) is 50.0 Å². The Kier molecular flexibility index (Phi) is 3.34. The summed E-state index contributed by atoms with van der Waals surface area (Å²) in [7, 11) is 0. The molecule has 0 bridgehead atoms. The first-order valence-electron chi connectivity index (χ1n) is 8.35. The van der Waals surface area contributed by atoms with E-state index in [2.05, 4.69) is 34.7 Å². The van der Waals surface area contributed by atoms with Gasteiger partial charge in [0, 0.05) is 10.9 Å². The molecule has 1 aliphatic heterocycles. The summed E-state index contributed by atoms with van der Waals surface area (Å²) < 4.78 is 0. The van der Waals surface area contributed by atoms with E-state index in [0.717, 1.165) is 12.8 Å². The lowest BCUT2D eigenvalue weighted by molar-refractivity contribution is -0.134. The van der Waals surface area contributed by atoms with Crippen molar-refractivity contribution in [3.05, 3.63) is 22.4 Å². The third-order valence-electron chi connectivity index (χ3n) is 5.67. The third kappa shape index (κ3) is 2.23. The number of rotatable bonds is 3. The van der Waals surface area contributed by atoms with E-state index in [0.29, 0.717) is 17.9 Å². The zero-order valence-corrected chi connectivity index (χ0v) is 13.5. The Morgan fingerprint density at radius 1 is 1.33 bits per heavy atom. The highest BCUT2D eigenvalue weighted by molar-refractivity contribution is 7.10. The van der Waals surface area contributed by atoms with Crippen LogP contribution in [0.5, 0.6) is 0 Å². The summed E-state index contributed by atoms with van der Waals surface area (Å²) in [4.78, 5) is 16.4. The number of nitrogens with zero attached hydrogens (tertiary/aromatic N) is 1. The number of amides is 1. The van der Waals surface area contributed by atoms with Gasteiger partial charge in [-0.1, -0.05) is 25.3 Å². The number of carbonyl (C=O) groups is 1. The van der Waals surface area contributed by atoms with Gasteiger partial charge in [0.25, 0.3) is 0 Å². The molecule has 2 atom stereocenters. The van der Waals surface area contributed by atoms with Crippen LogP contribution in [-0.2, 0) is 4.79 Å². The van der Waals surface area contributed by atoms with Gasteiger partial charge in [0.15, 0.2) is 0 Å². The molecule has 2 saturated carbocycles. The highest BCUT2D eigenvalue weighted by Crippen LogP contribution is 2.48. The SMILES string of the molecule is CC(C1CCCCC1)N1C(=O)C2(CC2)NC1c1cccs1. The minimum absolute atomic E-state index is 0.108. The van der Waals surface area contributed by atoms with Crippen LogP contribution in [0, 0.1) is 5.92 Å². The van der Waals surface area contributed by atoms with E-state index in [1.165, 1.54) is 37.0 Å². The molecule has 2 aliphatic carbocycles. The van der Waals surface area contributed by atoms with Crippen molar-refractivity contribution < 1.29 is 4.79 Å². The van der Waals surface area contributed by atoms with E-state index >= 15 is 0 Å². The van der Waals surface area contributed by atoms with Crippen molar-refractivity contribution in [1.29, 1.82) is 0 Å². The Hall–Kier alpha value is -0.870. The first kappa shape index (κ1) is 13.8. The molecule has 0 aromatic carbocycles. The molecule has 3 nitrogen and oxygen atoms in total. The first-order chi connectivity index (χ1) is 10.2. The fourth-order valence-corrected chi connectivity index (χ4v) is 4.93. The molecule has 1 aromatic rings. The number of hydrogen-bond acceptors (Lipinski definition) is 3. The summed E-state index contributed by atoms with van der Waals surface area (Å²) in [5, 5.41) is 5.76. The molecule has 0 radical (unpaired) electrons. The number of thiophene rings is 1. The minimum Gasteiger partial charge on any atom is -0.317 e. The molecule has 3 fully saturated rings. The molecule has 2 heterocycles. The van der Waals surface area contributed by atoms with Crippen molar-refractivity contribution in [1.82, 2.24) is 10.2 Å². The number of hydrogen-bond donors (Lipinski definition) is 1. The predicted octanol–water partition coefficient (Wildman–Crippen LogP) is 3.68. The molecule has 4 rings (SSSR count). The van der Waals surface area contributed by atoms with Crippen molar-refractivity contribution in [2.75, 3.05) is 0 Å². The molecule has 21 heavy (non-hydrogen) atoms. The standard InChI is InChI=1S/C17H24N2OS/c1-12(13-6-3-2-4-7-13)19-15(14-8-5-11-21-14)18-17(9-10-17)16(19)20/h5,8,11-13,15,18H,2-4,6-7,9-10H2,1H3. The monoisotopic (exact) mass is 304 g/mol. The second kappa shape index (κ2) is 5.10. The summed E-state index contributed by atoms with van der Waals surface area (Å²) in [6, 6.07) is 4.61. The van der Waals surface area contributed by atoms with Crippen LogP contribution >= 0.6 is 11.3 Å². The topological polar surface area (TPSA) is 32.3 Å². The quantitative estimate of drug-likeness (QED) is 0.924. The van der Waals surface area contributed by atoms with Gasteiger partial charge < -0.3 is 4.90 Å². The normalized spacial score (nSPS) is 30.0. The van der Waals surface area contributed by atoms with Crippen LogP contribution in [0.2, 0.25) is 0 Å². The van der Waals surface area contributed by atoms with Gasteiger partial charge in [-0.2, -0.15) is 0 Å². The molecule has 3 aliphatic rings. The van der Waals surface area contributed by atoms with Crippen LogP contribution in [0.25, 0.3) is 0 Å². The van der Waals surface area contributed by atoms with Gasteiger partial charge in [0.1, 0.15) is 11.7 Å². The van der Waals surface area contributed by atoms with E-state index in [-0.39, 0.29) is 11.7 Å². The van der Waals surface area contributed by atoms with Crippen molar-refractivity contribution >= 4 is 17.2 Å². The fourth-order valence-electron chi connectivity index (χ4n) is 4.16. The maximum atomic E-state index is 12.9. The van der Waals surface area contributed by atoms with Crippen LogP contribution in [0.4, 0.5) is 0 Å². The van der Waals surface area contributed by atoms with Crippen molar-refractivity contribution in [2.45, 2.75) is 69.6 Å². The molecule has 114 valence electrons. The maximum Gasteiger partial charge on any atom is 0.244 e. The van der Waals surface area contributed by atoms with Crippen molar-refractivity contribution in [3.8, 4) is 0 Å². The van der Waals surface area contributed by atoms with Gasteiger partial charge >= 0.3 is 0 Å². The zero-order chi connectivity index (χ0) is 14.4. The van der Waals surface area contributed by atoms with Crippen molar-refractivity contribution in [3.63, 3.8) is 0 Å². The summed E-state index contributed by atoms with van der Waals surface area (Å²) in [6.45, 7) is 2.28. The maximum absolute atomic E-state index is 12.9. The van der Waals surface area contributed by atoms with Crippen molar-refractivity contribution in [2.24, 2.45) is 5.92 Å². The molecule has 1 saturated heterocycles. The lowest BCUT2D eigenvalue weighted by atomic mass is 9.83. The highest BCUT2D eigenvalue weighted by atomic mass is 32.1. The molecular weight excluding hydrogens is 280 g/mol. The summed E-state index contributed by atoms with van der Waals surface area (Å²) >= 11 is 1.76. The average molecular weight is 304 g/mol. The van der Waals surface area contributed by atoms with Crippen LogP contribution in [0.15, 0.2) is 17.5 Å². The van der Waals surface area contributed by atoms with E-state index in [1.807, 2.05) is 0 Å². The second-order valence-electron chi connectivity index (χ2n) is 7.00. The Balaban J connectivity index is 1.61. The molecule has 1 spiro atoms. The van der Waals surface area contributed by atoms with E-state index in [9.17, 15) is 4.79 Å². The lowest BCUT2D eigenvalue weighted by Gasteiger charge is -2.37. The summed E-state index contributed by atoms with van der Waals surface area (Å²) in [5.74, 6) is 1.04. The number of nitrogens with one attached hydrogen (secondary N) is 1. The molecule has 1 N–H and O–H groups in total. The Labute approximate surface area is 130 Å². The van der Waals surface area contributed by atoms with Gasteiger partial charge in [-0.15, -0.1) is 11.3 Å². The first-order valence-corrected chi connectivity index (χ1v) is 9.23. The van der Waals surface area contributed by atoms with E-state index in [1.54, 1.807) is 11.3 Å². The van der Waals surface area contributed by atoms with E-state index < -0.39 is 0 Å². The van der Waals surface area contributed by atoms with Gasteiger partial charge in [0.2, 0.25) is 5.91 Å². The van der Waals surface area contributed by atoms with Gasteiger partial charge in [-0.25, -0.2) is 0 Å². The molecule has 4 heteroatoms. The van der Waals surface area contributed by atoms with E-state index in [4.69, 9.17) is 0 Å². The second-order valence-corrected chi connectivity index (χ2v) is 7.97. The minimum atomic E-state index is -0.211. The zero-order valence-electron chi connectivity index (χ0n) is 12.7.